The largest absolute Gasteiger partial charge is 0.398 e. The molecule has 1 aromatic heterocycles. The number of rotatable bonds is 1. The highest BCUT2D eigenvalue weighted by atomic mass is 79.9. The van der Waals surface area contributed by atoms with Crippen LogP contribution in [0.5, 0.6) is 0 Å². The molecule has 1 heterocycles. The zero-order valence-electron chi connectivity index (χ0n) is 7.83. The van der Waals surface area contributed by atoms with Gasteiger partial charge in [0.15, 0.2) is 0 Å². The molecular formula is C11H9BrN2O. The normalized spacial score (nSPS) is 10.2. The Morgan fingerprint density at radius 2 is 1.87 bits per heavy atom. The summed E-state index contributed by atoms with van der Waals surface area (Å²) in [6, 6.07) is 8.98. The third-order valence-corrected chi connectivity index (χ3v) is 2.80. The first-order valence-corrected chi connectivity index (χ1v) is 5.20. The number of benzene rings is 1. The fourth-order valence-corrected chi connectivity index (χ4v) is 1.71. The van der Waals surface area contributed by atoms with Crippen molar-refractivity contribution in [2.45, 2.75) is 0 Å². The summed E-state index contributed by atoms with van der Waals surface area (Å²) in [5, 5.41) is 0. The number of hydrogen-bond donors (Lipinski definition) is 2. The third kappa shape index (κ3) is 2.10. The lowest BCUT2D eigenvalue weighted by molar-refractivity contribution is 1.24. The number of aromatic nitrogens is 1. The van der Waals surface area contributed by atoms with Crippen LogP contribution in [0.4, 0.5) is 5.69 Å². The van der Waals surface area contributed by atoms with Crippen LogP contribution >= 0.6 is 15.9 Å². The molecule has 1 aromatic carbocycles. The minimum absolute atomic E-state index is 0.111. The minimum Gasteiger partial charge on any atom is -0.398 e. The quantitative estimate of drug-likeness (QED) is 0.778. The Labute approximate surface area is 95.1 Å². The molecule has 3 nitrogen and oxygen atoms in total. The number of nitrogen functional groups attached to an aromatic ring is 1. The second kappa shape index (κ2) is 3.90. The lowest BCUT2D eigenvalue weighted by Gasteiger charge is -2.03. The zero-order chi connectivity index (χ0) is 10.8. The first-order valence-electron chi connectivity index (χ1n) is 4.41. The number of H-pyrrole nitrogens is 1. The summed E-state index contributed by atoms with van der Waals surface area (Å²) in [5.41, 5.74) is 8.09. The minimum atomic E-state index is -0.111. The number of pyridine rings is 1. The molecule has 0 unspecified atom stereocenters. The zero-order valence-corrected chi connectivity index (χ0v) is 9.41. The lowest BCUT2D eigenvalue weighted by atomic mass is 10.1. The maximum atomic E-state index is 11.1. The predicted molar refractivity (Wildman–Crippen MR) is 64.6 cm³/mol. The number of nitrogens with one attached hydrogen (secondary N) is 1. The topological polar surface area (TPSA) is 58.9 Å². The third-order valence-electron chi connectivity index (χ3n) is 2.11. The molecule has 15 heavy (non-hydrogen) atoms. The Balaban J connectivity index is 2.55. The van der Waals surface area contributed by atoms with Crippen LogP contribution in [0.1, 0.15) is 0 Å². The van der Waals surface area contributed by atoms with Gasteiger partial charge in [0.2, 0.25) is 5.56 Å². The molecule has 2 aromatic rings. The molecule has 0 saturated carbocycles. The fourth-order valence-electron chi connectivity index (χ4n) is 1.33. The predicted octanol–water partition coefficient (Wildman–Crippen LogP) is 2.39. The molecule has 0 amide bonds. The summed E-state index contributed by atoms with van der Waals surface area (Å²) in [5.74, 6) is 0. The van der Waals surface area contributed by atoms with Crippen molar-refractivity contribution < 1.29 is 0 Å². The maximum Gasteiger partial charge on any atom is 0.248 e. The summed E-state index contributed by atoms with van der Waals surface area (Å²) < 4.78 is 0.834. The first-order chi connectivity index (χ1) is 7.16. The van der Waals surface area contributed by atoms with Gasteiger partial charge in [0, 0.05) is 22.4 Å². The molecule has 0 aliphatic heterocycles. The van der Waals surface area contributed by atoms with Gasteiger partial charge in [-0.1, -0.05) is 6.07 Å². The van der Waals surface area contributed by atoms with Gasteiger partial charge >= 0.3 is 0 Å². The summed E-state index contributed by atoms with van der Waals surface area (Å²) in [7, 11) is 0. The Kier molecular flexibility index (Phi) is 2.60. The molecule has 0 aliphatic carbocycles. The highest BCUT2D eigenvalue weighted by molar-refractivity contribution is 9.10. The number of halogens is 1. The van der Waals surface area contributed by atoms with Crippen LogP contribution in [-0.4, -0.2) is 4.98 Å². The van der Waals surface area contributed by atoms with Crippen molar-refractivity contribution in [2.75, 3.05) is 5.73 Å². The molecule has 0 atom stereocenters. The van der Waals surface area contributed by atoms with E-state index in [-0.39, 0.29) is 5.56 Å². The number of hydrogen-bond acceptors (Lipinski definition) is 2. The van der Waals surface area contributed by atoms with Crippen LogP contribution in [0.2, 0.25) is 0 Å². The van der Waals surface area contributed by atoms with E-state index in [2.05, 4.69) is 20.9 Å². The summed E-state index contributed by atoms with van der Waals surface area (Å²) in [6.07, 6.45) is 1.63. The standard InChI is InChI=1S/C11H9BrN2O/c12-9-5-7(1-2-10(9)13)8-3-4-14-11(15)6-8/h1-6H,13H2,(H,14,15). The van der Waals surface area contributed by atoms with Crippen molar-refractivity contribution in [3.63, 3.8) is 0 Å². The molecule has 4 heteroatoms. The van der Waals surface area contributed by atoms with Crippen LogP contribution < -0.4 is 11.3 Å². The lowest BCUT2D eigenvalue weighted by Crippen LogP contribution is -2.02. The maximum absolute atomic E-state index is 11.1. The Bertz CT molecular complexity index is 548. The highest BCUT2D eigenvalue weighted by Gasteiger charge is 2.01. The van der Waals surface area contributed by atoms with E-state index in [1.54, 1.807) is 18.3 Å². The molecule has 0 spiro atoms. The van der Waals surface area contributed by atoms with E-state index < -0.39 is 0 Å². The van der Waals surface area contributed by atoms with Crippen molar-refractivity contribution in [2.24, 2.45) is 0 Å². The number of aromatic amines is 1. The van der Waals surface area contributed by atoms with E-state index in [0.29, 0.717) is 5.69 Å². The van der Waals surface area contributed by atoms with Gasteiger partial charge in [-0.15, -0.1) is 0 Å². The highest BCUT2D eigenvalue weighted by Crippen LogP contribution is 2.26. The molecule has 0 saturated heterocycles. The Hall–Kier alpha value is -1.55. The summed E-state index contributed by atoms with van der Waals surface area (Å²) in [6.45, 7) is 0. The Morgan fingerprint density at radius 3 is 2.53 bits per heavy atom. The van der Waals surface area contributed by atoms with Gasteiger partial charge in [-0.2, -0.15) is 0 Å². The van der Waals surface area contributed by atoms with Gasteiger partial charge in [-0.05, 0) is 45.3 Å². The van der Waals surface area contributed by atoms with E-state index >= 15 is 0 Å². The molecular weight excluding hydrogens is 256 g/mol. The summed E-state index contributed by atoms with van der Waals surface area (Å²) >= 11 is 3.35. The van der Waals surface area contributed by atoms with Gasteiger partial charge in [-0.3, -0.25) is 4.79 Å². The van der Waals surface area contributed by atoms with Crippen molar-refractivity contribution in [3.8, 4) is 11.1 Å². The Morgan fingerprint density at radius 1 is 1.13 bits per heavy atom. The van der Waals surface area contributed by atoms with Crippen molar-refractivity contribution in [3.05, 3.63) is 51.4 Å². The van der Waals surface area contributed by atoms with E-state index in [1.165, 1.54) is 0 Å². The van der Waals surface area contributed by atoms with E-state index in [0.717, 1.165) is 15.6 Å². The monoisotopic (exact) mass is 264 g/mol. The molecule has 76 valence electrons. The molecule has 0 radical (unpaired) electrons. The molecule has 0 fully saturated rings. The number of nitrogens with two attached hydrogens (primary N) is 1. The van der Waals surface area contributed by atoms with Crippen LogP contribution in [0.25, 0.3) is 11.1 Å². The van der Waals surface area contributed by atoms with Gasteiger partial charge in [0.05, 0.1) is 0 Å². The van der Waals surface area contributed by atoms with Crippen LogP contribution in [0, 0.1) is 0 Å². The van der Waals surface area contributed by atoms with Gasteiger partial charge in [0.1, 0.15) is 0 Å². The average molecular weight is 265 g/mol. The molecule has 2 rings (SSSR count). The van der Waals surface area contributed by atoms with E-state index in [4.69, 9.17) is 5.73 Å². The van der Waals surface area contributed by atoms with Crippen molar-refractivity contribution in [1.29, 1.82) is 0 Å². The van der Waals surface area contributed by atoms with E-state index in [9.17, 15) is 4.79 Å². The molecule has 0 bridgehead atoms. The van der Waals surface area contributed by atoms with Gasteiger partial charge < -0.3 is 10.7 Å². The van der Waals surface area contributed by atoms with Gasteiger partial charge in [-0.25, -0.2) is 0 Å². The van der Waals surface area contributed by atoms with Crippen molar-refractivity contribution in [1.82, 2.24) is 4.98 Å². The average Bonchev–Trinajstić information content (AvgIpc) is 2.22. The van der Waals surface area contributed by atoms with Crippen molar-refractivity contribution >= 4 is 21.6 Å². The van der Waals surface area contributed by atoms with Crippen LogP contribution in [-0.2, 0) is 0 Å². The second-order valence-corrected chi connectivity index (χ2v) is 4.03. The number of anilines is 1. The van der Waals surface area contributed by atoms with E-state index in [1.807, 2.05) is 18.2 Å². The summed E-state index contributed by atoms with van der Waals surface area (Å²) in [4.78, 5) is 13.7. The first kappa shape index (κ1) is 9.98. The molecule has 3 N–H and O–H groups in total. The second-order valence-electron chi connectivity index (χ2n) is 3.18. The molecule has 0 aliphatic rings. The SMILES string of the molecule is Nc1ccc(-c2cc[nH]c(=O)c2)cc1Br. The van der Waals surface area contributed by atoms with Crippen LogP contribution in [0.15, 0.2) is 45.8 Å². The van der Waals surface area contributed by atoms with Crippen LogP contribution in [0.3, 0.4) is 0 Å². The fraction of sp³-hybridized carbons (Fsp3) is 0. The smallest absolute Gasteiger partial charge is 0.248 e. The van der Waals surface area contributed by atoms with Gasteiger partial charge in [0.25, 0.3) is 0 Å².